The second-order valence-electron chi connectivity index (χ2n) is 12.3. The Hall–Kier alpha value is -2.34. The SMILES string of the molecule is Cc1ccc(C(C)(C)C)cc1.Cc1cccc(C(C)(C)C)c1.Cc1ccccc1C(C)(C)C. The van der Waals surface area contributed by atoms with Gasteiger partial charge in [-0.25, -0.2) is 0 Å². The Morgan fingerprint density at radius 2 is 0.939 bits per heavy atom. The molecule has 0 nitrogen and oxygen atoms in total. The van der Waals surface area contributed by atoms with Crippen LogP contribution in [0.3, 0.4) is 0 Å². The van der Waals surface area contributed by atoms with E-state index in [4.69, 9.17) is 0 Å². The number of aryl methyl sites for hydroxylation is 3. The molecule has 0 heterocycles. The third-order valence-electron chi connectivity index (χ3n) is 5.75. The summed E-state index contributed by atoms with van der Waals surface area (Å²) in [5.41, 5.74) is 9.18. The molecule has 0 fully saturated rings. The lowest BCUT2D eigenvalue weighted by Crippen LogP contribution is -2.12. The second-order valence-corrected chi connectivity index (χ2v) is 12.3. The van der Waals surface area contributed by atoms with E-state index in [1.807, 2.05) is 0 Å². The van der Waals surface area contributed by atoms with E-state index in [0.29, 0.717) is 0 Å². The van der Waals surface area contributed by atoms with Gasteiger partial charge in [0.1, 0.15) is 0 Å². The maximum absolute atomic E-state index is 2.25. The van der Waals surface area contributed by atoms with Crippen molar-refractivity contribution in [3.8, 4) is 0 Å². The van der Waals surface area contributed by atoms with Crippen molar-refractivity contribution >= 4 is 0 Å². The first kappa shape index (κ1) is 28.7. The molecule has 0 saturated carbocycles. The Morgan fingerprint density at radius 3 is 1.30 bits per heavy atom. The average Bonchev–Trinajstić information content (AvgIpc) is 2.67. The van der Waals surface area contributed by atoms with Crippen LogP contribution in [0.25, 0.3) is 0 Å². The molecule has 0 aliphatic rings. The fourth-order valence-corrected chi connectivity index (χ4v) is 3.58. The fourth-order valence-electron chi connectivity index (χ4n) is 3.58. The van der Waals surface area contributed by atoms with Gasteiger partial charge in [-0.15, -0.1) is 0 Å². The highest BCUT2D eigenvalue weighted by Crippen LogP contribution is 2.25. The smallest absolute Gasteiger partial charge is 0.0129 e. The van der Waals surface area contributed by atoms with Crippen molar-refractivity contribution in [3.05, 3.63) is 106 Å². The van der Waals surface area contributed by atoms with E-state index in [0.717, 1.165) is 0 Å². The van der Waals surface area contributed by atoms with E-state index in [1.165, 1.54) is 33.4 Å². The molecular formula is C33H48. The standard InChI is InChI=1S/3C11H16/c1-9-5-7-10(8-6-9)11(2,3)4;1-9-6-5-7-10(8-9)11(2,3)4;1-9-7-5-6-8-10(9)11(2,3)4/h3*5-8H,1-4H3. The highest BCUT2D eigenvalue weighted by atomic mass is 14.2. The summed E-state index contributed by atoms with van der Waals surface area (Å²) in [7, 11) is 0. The predicted molar refractivity (Wildman–Crippen MR) is 150 cm³/mol. The molecule has 0 aromatic heterocycles. The lowest BCUT2D eigenvalue weighted by molar-refractivity contribution is 0.586. The van der Waals surface area contributed by atoms with Crippen LogP contribution in [0.5, 0.6) is 0 Å². The monoisotopic (exact) mass is 444 g/mol. The van der Waals surface area contributed by atoms with Crippen LogP contribution in [0.2, 0.25) is 0 Å². The number of hydrogen-bond acceptors (Lipinski definition) is 0. The minimum absolute atomic E-state index is 0.283. The molecular weight excluding hydrogens is 396 g/mol. The second kappa shape index (κ2) is 11.7. The van der Waals surface area contributed by atoms with Gasteiger partial charge in [0.2, 0.25) is 0 Å². The molecule has 0 aliphatic heterocycles. The lowest BCUT2D eigenvalue weighted by Gasteiger charge is -2.21. The molecule has 3 aromatic carbocycles. The van der Waals surface area contributed by atoms with Crippen LogP contribution in [0, 0.1) is 20.8 Å². The molecule has 0 spiro atoms. The molecule has 0 aliphatic carbocycles. The van der Waals surface area contributed by atoms with Gasteiger partial charge in [-0.1, -0.05) is 146 Å². The van der Waals surface area contributed by atoms with Gasteiger partial charge in [0, 0.05) is 0 Å². The zero-order chi connectivity index (χ0) is 25.4. The van der Waals surface area contributed by atoms with Gasteiger partial charge in [-0.2, -0.15) is 0 Å². The van der Waals surface area contributed by atoms with E-state index >= 15 is 0 Å². The largest absolute Gasteiger partial charge is 0.0620 e. The van der Waals surface area contributed by atoms with E-state index in [2.05, 4.69) is 156 Å². The van der Waals surface area contributed by atoms with Crippen LogP contribution in [0.1, 0.15) is 95.7 Å². The van der Waals surface area contributed by atoms with Crippen LogP contribution in [-0.2, 0) is 16.2 Å². The highest BCUT2D eigenvalue weighted by Gasteiger charge is 2.15. The Kier molecular flexibility index (Phi) is 10.2. The molecule has 0 heteroatoms. The molecule has 0 radical (unpaired) electrons. The van der Waals surface area contributed by atoms with Crippen molar-refractivity contribution in [1.82, 2.24) is 0 Å². The Balaban J connectivity index is 0.000000247. The lowest BCUT2D eigenvalue weighted by atomic mass is 9.84. The summed E-state index contributed by atoms with van der Waals surface area (Å²) in [4.78, 5) is 0. The zero-order valence-electron chi connectivity index (χ0n) is 23.4. The first-order valence-corrected chi connectivity index (χ1v) is 12.2. The minimum Gasteiger partial charge on any atom is -0.0620 e. The van der Waals surface area contributed by atoms with Gasteiger partial charge < -0.3 is 0 Å². The molecule has 0 saturated heterocycles. The first-order chi connectivity index (χ1) is 15.0. The van der Waals surface area contributed by atoms with Crippen LogP contribution in [-0.4, -0.2) is 0 Å². The Bertz CT molecular complexity index is 968. The summed E-state index contributed by atoms with van der Waals surface area (Å²) in [6.07, 6.45) is 0. The van der Waals surface area contributed by atoms with Crippen LogP contribution in [0.15, 0.2) is 72.8 Å². The normalized spacial score (nSPS) is 11.6. The topological polar surface area (TPSA) is 0 Å². The number of rotatable bonds is 0. The average molecular weight is 445 g/mol. The van der Waals surface area contributed by atoms with Crippen LogP contribution < -0.4 is 0 Å². The molecule has 0 atom stereocenters. The van der Waals surface area contributed by atoms with Crippen molar-refractivity contribution in [3.63, 3.8) is 0 Å². The zero-order valence-corrected chi connectivity index (χ0v) is 23.4. The molecule has 0 unspecified atom stereocenters. The van der Waals surface area contributed by atoms with Gasteiger partial charge in [0.05, 0.1) is 0 Å². The summed E-state index contributed by atoms with van der Waals surface area (Å²) in [6, 6.07) is 26.0. The van der Waals surface area contributed by atoms with Gasteiger partial charge in [0.15, 0.2) is 0 Å². The highest BCUT2D eigenvalue weighted by molar-refractivity contribution is 5.31. The van der Waals surface area contributed by atoms with Crippen LogP contribution in [0.4, 0.5) is 0 Å². The molecule has 3 rings (SSSR count). The summed E-state index contributed by atoms with van der Waals surface area (Å²) in [5, 5.41) is 0. The van der Waals surface area contributed by atoms with Crippen molar-refractivity contribution in [1.29, 1.82) is 0 Å². The molecule has 33 heavy (non-hydrogen) atoms. The molecule has 0 N–H and O–H groups in total. The molecule has 180 valence electrons. The number of benzene rings is 3. The van der Waals surface area contributed by atoms with Crippen LogP contribution >= 0.6 is 0 Å². The van der Waals surface area contributed by atoms with E-state index in [-0.39, 0.29) is 16.2 Å². The summed E-state index contributed by atoms with van der Waals surface area (Å²) in [5.74, 6) is 0. The molecule has 0 bridgehead atoms. The summed E-state index contributed by atoms with van der Waals surface area (Å²) in [6.45, 7) is 26.6. The number of hydrogen-bond donors (Lipinski definition) is 0. The van der Waals surface area contributed by atoms with Gasteiger partial charge in [0.25, 0.3) is 0 Å². The molecule has 3 aromatic rings. The van der Waals surface area contributed by atoms with E-state index < -0.39 is 0 Å². The fraction of sp³-hybridized carbons (Fsp3) is 0.455. The maximum Gasteiger partial charge on any atom is -0.0129 e. The van der Waals surface area contributed by atoms with Gasteiger partial charge >= 0.3 is 0 Å². The van der Waals surface area contributed by atoms with E-state index in [1.54, 1.807) is 0 Å². The van der Waals surface area contributed by atoms with Gasteiger partial charge in [-0.05, 0) is 59.3 Å². The molecule has 0 amide bonds. The first-order valence-electron chi connectivity index (χ1n) is 12.2. The summed E-state index contributed by atoms with van der Waals surface area (Å²) >= 11 is 0. The maximum atomic E-state index is 2.25. The van der Waals surface area contributed by atoms with E-state index in [9.17, 15) is 0 Å². The quantitative estimate of drug-likeness (QED) is 0.323. The van der Waals surface area contributed by atoms with Crippen molar-refractivity contribution in [2.24, 2.45) is 0 Å². The van der Waals surface area contributed by atoms with Crippen molar-refractivity contribution in [2.75, 3.05) is 0 Å². The third kappa shape index (κ3) is 10.4. The Labute approximate surface area is 205 Å². The van der Waals surface area contributed by atoms with Crippen molar-refractivity contribution < 1.29 is 0 Å². The minimum atomic E-state index is 0.283. The Morgan fingerprint density at radius 1 is 0.424 bits per heavy atom. The van der Waals surface area contributed by atoms with Gasteiger partial charge in [-0.3, -0.25) is 0 Å². The third-order valence-corrected chi connectivity index (χ3v) is 5.75. The summed E-state index contributed by atoms with van der Waals surface area (Å²) < 4.78 is 0. The predicted octanol–water partition coefficient (Wildman–Crippen LogP) is 9.88. The van der Waals surface area contributed by atoms with Crippen molar-refractivity contribution in [2.45, 2.75) is 99.3 Å².